The SMILES string of the molecule is CC[C@H](NS(=O)(=O)c1ccc(NS(=O)(=O)N(C)C)cc1)c1nc(C)c(C)s1. The molecule has 27 heavy (non-hydrogen) atoms. The Hall–Kier alpha value is -1.53. The van der Waals surface area contributed by atoms with Crippen LogP contribution in [0.5, 0.6) is 0 Å². The number of hydrogen-bond acceptors (Lipinski definition) is 6. The Morgan fingerprint density at radius 1 is 1.11 bits per heavy atom. The molecule has 2 rings (SSSR count). The molecule has 1 heterocycles. The molecule has 0 aliphatic rings. The smallest absolute Gasteiger partial charge is 0.271 e. The first-order valence-corrected chi connectivity index (χ1v) is 12.0. The van der Waals surface area contributed by atoms with Crippen LogP contribution >= 0.6 is 11.3 Å². The maximum absolute atomic E-state index is 12.7. The lowest BCUT2D eigenvalue weighted by Crippen LogP contribution is -2.29. The molecule has 0 aliphatic carbocycles. The van der Waals surface area contributed by atoms with Crippen molar-refractivity contribution in [2.75, 3.05) is 18.8 Å². The maximum atomic E-state index is 12.7. The number of aryl methyl sites for hydroxylation is 2. The van der Waals surface area contributed by atoms with Gasteiger partial charge in [-0.1, -0.05) is 6.92 Å². The molecule has 0 fully saturated rings. The van der Waals surface area contributed by atoms with Crippen molar-refractivity contribution in [2.45, 2.75) is 38.1 Å². The number of nitrogens with one attached hydrogen (secondary N) is 2. The lowest BCUT2D eigenvalue weighted by atomic mass is 10.2. The number of rotatable bonds is 8. The van der Waals surface area contributed by atoms with Crippen molar-refractivity contribution < 1.29 is 16.8 Å². The Kier molecular flexibility index (Phi) is 6.63. The van der Waals surface area contributed by atoms with Gasteiger partial charge < -0.3 is 0 Å². The molecule has 2 N–H and O–H groups in total. The average Bonchev–Trinajstić information content (AvgIpc) is 2.91. The van der Waals surface area contributed by atoms with Gasteiger partial charge in [-0.15, -0.1) is 11.3 Å². The second kappa shape index (κ2) is 8.23. The van der Waals surface area contributed by atoms with E-state index in [4.69, 9.17) is 0 Å². The summed E-state index contributed by atoms with van der Waals surface area (Å²) in [6.07, 6.45) is 0.562. The topological polar surface area (TPSA) is 108 Å². The molecular formula is C16H24N4O4S3. The predicted octanol–water partition coefficient (Wildman–Crippen LogP) is 2.41. The van der Waals surface area contributed by atoms with E-state index in [2.05, 4.69) is 14.4 Å². The molecule has 0 spiro atoms. The zero-order chi connectivity index (χ0) is 20.4. The third-order valence-corrected chi connectivity index (χ3v) is 8.07. The zero-order valence-corrected chi connectivity index (χ0v) is 18.3. The number of aromatic nitrogens is 1. The van der Waals surface area contributed by atoms with Gasteiger partial charge in [-0.2, -0.15) is 12.7 Å². The summed E-state index contributed by atoms with van der Waals surface area (Å²) < 4.78 is 55.1. The molecule has 0 saturated heterocycles. The molecule has 1 atom stereocenters. The number of sulfonamides is 1. The molecule has 0 aliphatic heterocycles. The molecule has 0 radical (unpaired) electrons. The van der Waals surface area contributed by atoms with Crippen LogP contribution in [0.1, 0.15) is 35.0 Å². The van der Waals surface area contributed by atoms with E-state index < -0.39 is 26.3 Å². The Morgan fingerprint density at radius 3 is 2.15 bits per heavy atom. The van der Waals surface area contributed by atoms with Gasteiger partial charge in [-0.25, -0.2) is 18.1 Å². The monoisotopic (exact) mass is 432 g/mol. The normalized spacial score (nSPS) is 13.7. The van der Waals surface area contributed by atoms with E-state index in [9.17, 15) is 16.8 Å². The second-order valence-corrected chi connectivity index (χ2v) is 11.0. The van der Waals surface area contributed by atoms with Gasteiger partial charge in [0.15, 0.2) is 0 Å². The Labute approximate surface area is 164 Å². The van der Waals surface area contributed by atoms with Gasteiger partial charge >= 0.3 is 10.2 Å². The summed E-state index contributed by atoms with van der Waals surface area (Å²) in [5.41, 5.74) is 1.17. The van der Waals surface area contributed by atoms with Gasteiger partial charge in [0.2, 0.25) is 10.0 Å². The number of nitrogens with zero attached hydrogens (tertiary/aromatic N) is 2. The van der Waals surface area contributed by atoms with Gasteiger partial charge in [-0.3, -0.25) is 4.72 Å². The highest BCUT2D eigenvalue weighted by atomic mass is 32.2. The minimum atomic E-state index is -3.77. The third kappa shape index (κ3) is 5.26. The Morgan fingerprint density at radius 2 is 1.70 bits per heavy atom. The largest absolute Gasteiger partial charge is 0.301 e. The quantitative estimate of drug-likeness (QED) is 0.666. The van der Waals surface area contributed by atoms with Crippen LogP contribution in [0, 0.1) is 13.8 Å². The van der Waals surface area contributed by atoms with Gasteiger partial charge in [0, 0.05) is 24.7 Å². The fraction of sp³-hybridized carbons (Fsp3) is 0.438. The number of anilines is 1. The maximum Gasteiger partial charge on any atom is 0.301 e. The van der Waals surface area contributed by atoms with E-state index in [-0.39, 0.29) is 10.6 Å². The first kappa shape index (κ1) is 21.8. The van der Waals surface area contributed by atoms with E-state index in [0.717, 1.165) is 19.9 Å². The summed E-state index contributed by atoms with van der Waals surface area (Å²) in [5, 5.41) is 0.728. The van der Waals surface area contributed by atoms with Crippen molar-refractivity contribution in [3.8, 4) is 0 Å². The van der Waals surface area contributed by atoms with Gasteiger partial charge in [0.05, 0.1) is 16.6 Å². The van der Waals surface area contributed by atoms with E-state index in [1.165, 1.54) is 49.7 Å². The van der Waals surface area contributed by atoms with E-state index in [1.54, 1.807) is 0 Å². The minimum Gasteiger partial charge on any atom is -0.271 e. The third-order valence-electron chi connectivity index (χ3n) is 3.94. The van der Waals surface area contributed by atoms with Gasteiger partial charge in [-0.05, 0) is 44.5 Å². The van der Waals surface area contributed by atoms with Crippen LogP contribution in [0.15, 0.2) is 29.2 Å². The molecule has 8 nitrogen and oxygen atoms in total. The summed E-state index contributed by atoms with van der Waals surface area (Å²) in [7, 11) is -4.62. The molecule has 0 amide bonds. The number of benzene rings is 1. The lowest BCUT2D eigenvalue weighted by molar-refractivity contribution is 0.527. The second-order valence-electron chi connectivity index (χ2n) is 6.19. The summed E-state index contributed by atoms with van der Waals surface area (Å²) in [5.74, 6) is 0. The molecule has 1 aromatic carbocycles. The van der Waals surface area contributed by atoms with Crippen LogP contribution in [-0.4, -0.2) is 40.2 Å². The standard InChI is InChI=1S/C16H24N4O4S3/c1-6-15(16-17-11(2)12(3)25-16)19-26(21,22)14-9-7-13(8-10-14)18-27(23,24)20(4)5/h7-10,15,18-19H,6H2,1-5H3/t15-/m0/s1. The van der Waals surface area contributed by atoms with Crippen molar-refractivity contribution in [2.24, 2.45) is 0 Å². The molecule has 11 heteroatoms. The molecule has 0 bridgehead atoms. The fourth-order valence-corrected chi connectivity index (χ4v) is 5.18. The fourth-order valence-electron chi connectivity index (χ4n) is 2.15. The van der Waals surface area contributed by atoms with E-state index in [0.29, 0.717) is 6.42 Å². The first-order chi connectivity index (χ1) is 12.5. The highest BCUT2D eigenvalue weighted by Gasteiger charge is 2.23. The summed E-state index contributed by atoms with van der Waals surface area (Å²) >= 11 is 1.48. The van der Waals surface area contributed by atoms with Crippen molar-refractivity contribution in [1.29, 1.82) is 0 Å². The number of thiazole rings is 1. The van der Waals surface area contributed by atoms with Crippen molar-refractivity contribution >= 4 is 37.3 Å². The van der Waals surface area contributed by atoms with Crippen LogP contribution in [0.25, 0.3) is 0 Å². The predicted molar refractivity (Wildman–Crippen MR) is 108 cm³/mol. The average molecular weight is 433 g/mol. The Bertz CT molecular complexity index is 977. The van der Waals surface area contributed by atoms with Crippen molar-refractivity contribution in [3.63, 3.8) is 0 Å². The molecule has 150 valence electrons. The van der Waals surface area contributed by atoms with Crippen LogP contribution in [-0.2, 0) is 20.2 Å². The summed E-state index contributed by atoms with van der Waals surface area (Å²) in [4.78, 5) is 5.55. The highest BCUT2D eigenvalue weighted by Crippen LogP contribution is 2.27. The van der Waals surface area contributed by atoms with Crippen LogP contribution in [0.2, 0.25) is 0 Å². The van der Waals surface area contributed by atoms with Crippen LogP contribution in [0.4, 0.5) is 5.69 Å². The Balaban J connectivity index is 2.20. The highest BCUT2D eigenvalue weighted by molar-refractivity contribution is 7.90. The molecule has 0 saturated carbocycles. The van der Waals surface area contributed by atoms with Crippen LogP contribution < -0.4 is 9.44 Å². The van der Waals surface area contributed by atoms with Crippen molar-refractivity contribution in [1.82, 2.24) is 14.0 Å². The lowest BCUT2D eigenvalue weighted by Gasteiger charge is -2.16. The first-order valence-electron chi connectivity index (χ1n) is 8.23. The van der Waals surface area contributed by atoms with E-state index in [1.807, 2.05) is 20.8 Å². The van der Waals surface area contributed by atoms with Crippen molar-refractivity contribution in [3.05, 3.63) is 39.8 Å². The summed E-state index contributed by atoms with van der Waals surface area (Å²) in [6, 6.07) is 5.13. The molecule has 0 unspecified atom stereocenters. The molecular weight excluding hydrogens is 408 g/mol. The number of hydrogen-bond donors (Lipinski definition) is 2. The van der Waals surface area contributed by atoms with Gasteiger partial charge in [0.1, 0.15) is 5.01 Å². The zero-order valence-electron chi connectivity index (χ0n) is 15.8. The molecule has 2 aromatic rings. The van der Waals surface area contributed by atoms with Crippen LogP contribution in [0.3, 0.4) is 0 Å². The van der Waals surface area contributed by atoms with Gasteiger partial charge in [0.25, 0.3) is 0 Å². The van der Waals surface area contributed by atoms with E-state index >= 15 is 0 Å². The summed E-state index contributed by atoms with van der Waals surface area (Å²) in [6.45, 7) is 5.73. The minimum absolute atomic E-state index is 0.0544. The molecule has 1 aromatic heterocycles.